The van der Waals surface area contributed by atoms with Crippen molar-refractivity contribution in [1.29, 1.82) is 0 Å². The van der Waals surface area contributed by atoms with Gasteiger partial charge in [-0.2, -0.15) is 0 Å². The summed E-state index contributed by atoms with van der Waals surface area (Å²) in [5, 5.41) is 11.6. The van der Waals surface area contributed by atoms with Gasteiger partial charge < -0.3 is 9.84 Å². The molecule has 3 heteroatoms. The number of hydrogen-bond acceptors (Lipinski definition) is 3. The number of aromatic nitrogens is 1. The van der Waals surface area contributed by atoms with E-state index in [1.807, 2.05) is 48.5 Å². The molecule has 0 saturated heterocycles. The molecule has 1 atom stereocenters. The van der Waals surface area contributed by atoms with Crippen LogP contribution >= 0.6 is 0 Å². The number of ether oxygens (including phenoxy) is 1. The van der Waals surface area contributed by atoms with Gasteiger partial charge in [-0.05, 0) is 35.4 Å². The third kappa shape index (κ3) is 2.16. The Hall–Kier alpha value is -2.39. The monoisotopic (exact) mass is 277 g/mol. The molecule has 4 rings (SSSR count). The predicted molar refractivity (Wildman–Crippen MR) is 81.4 cm³/mol. The van der Waals surface area contributed by atoms with Gasteiger partial charge in [-0.3, -0.25) is 4.98 Å². The largest absolute Gasteiger partial charge is 0.493 e. The second-order valence-corrected chi connectivity index (χ2v) is 5.33. The Morgan fingerprint density at radius 1 is 1.05 bits per heavy atom. The number of aliphatic hydroxyl groups excluding tert-OH is 1. The number of benzene rings is 2. The third-order valence-electron chi connectivity index (χ3n) is 3.96. The molecule has 0 saturated carbocycles. The standard InChI is InChI=1S/C18H15NO2/c20-18(14-5-6-17-13(10-14)7-8-21-17)15-9-12-3-1-2-4-16(12)19-11-15/h1-6,9-11,18,20H,7-8H2. The summed E-state index contributed by atoms with van der Waals surface area (Å²) >= 11 is 0. The van der Waals surface area contributed by atoms with Gasteiger partial charge in [0.25, 0.3) is 0 Å². The number of nitrogens with zero attached hydrogens (tertiary/aromatic N) is 1. The number of aliphatic hydroxyl groups is 1. The number of pyridine rings is 1. The Labute approximate surface area is 122 Å². The first-order valence-electron chi connectivity index (χ1n) is 7.10. The fourth-order valence-electron chi connectivity index (χ4n) is 2.81. The highest BCUT2D eigenvalue weighted by Gasteiger charge is 2.17. The average molecular weight is 277 g/mol. The maximum absolute atomic E-state index is 10.6. The van der Waals surface area contributed by atoms with Gasteiger partial charge in [-0.15, -0.1) is 0 Å². The number of rotatable bonds is 2. The molecule has 1 aliphatic heterocycles. The first-order chi connectivity index (χ1) is 10.3. The lowest BCUT2D eigenvalue weighted by Gasteiger charge is -2.13. The van der Waals surface area contributed by atoms with E-state index in [9.17, 15) is 5.11 Å². The summed E-state index contributed by atoms with van der Waals surface area (Å²) in [7, 11) is 0. The van der Waals surface area contributed by atoms with E-state index in [0.29, 0.717) is 0 Å². The van der Waals surface area contributed by atoms with E-state index in [1.54, 1.807) is 6.20 Å². The van der Waals surface area contributed by atoms with Crippen LogP contribution in [0.25, 0.3) is 10.9 Å². The molecule has 1 N–H and O–H groups in total. The Morgan fingerprint density at radius 2 is 1.95 bits per heavy atom. The molecule has 3 nitrogen and oxygen atoms in total. The highest BCUT2D eigenvalue weighted by Crippen LogP contribution is 2.31. The first kappa shape index (κ1) is 12.4. The summed E-state index contributed by atoms with van der Waals surface area (Å²) < 4.78 is 5.50. The first-order valence-corrected chi connectivity index (χ1v) is 7.10. The normalized spacial score (nSPS) is 14.7. The van der Waals surface area contributed by atoms with E-state index in [2.05, 4.69) is 4.98 Å². The number of fused-ring (bicyclic) bond motifs is 2. The minimum absolute atomic E-state index is 0.659. The van der Waals surface area contributed by atoms with Crippen LogP contribution in [0.1, 0.15) is 22.8 Å². The molecular weight excluding hydrogens is 262 g/mol. The molecule has 1 aliphatic rings. The molecular formula is C18H15NO2. The van der Waals surface area contributed by atoms with Crippen molar-refractivity contribution in [3.05, 3.63) is 71.4 Å². The predicted octanol–water partition coefficient (Wildman–Crippen LogP) is 3.25. The lowest BCUT2D eigenvalue weighted by atomic mass is 9.99. The van der Waals surface area contributed by atoms with Crippen molar-refractivity contribution in [3.63, 3.8) is 0 Å². The van der Waals surface area contributed by atoms with Gasteiger partial charge in [0, 0.05) is 23.6 Å². The van der Waals surface area contributed by atoms with E-state index >= 15 is 0 Å². The van der Waals surface area contributed by atoms with Gasteiger partial charge in [0.15, 0.2) is 0 Å². The second kappa shape index (κ2) is 4.86. The van der Waals surface area contributed by atoms with Crippen molar-refractivity contribution in [2.45, 2.75) is 12.5 Å². The van der Waals surface area contributed by atoms with E-state index in [1.165, 1.54) is 5.56 Å². The van der Waals surface area contributed by atoms with Crippen LogP contribution in [-0.4, -0.2) is 16.7 Å². The Kier molecular flexibility index (Phi) is 2.86. The van der Waals surface area contributed by atoms with Gasteiger partial charge in [-0.25, -0.2) is 0 Å². The Bertz CT molecular complexity index is 813. The molecule has 3 aromatic rings. The van der Waals surface area contributed by atoms with Crippen LogP contribution in [0.3, 0.4) is 0 Å². The highest BCUT2D eigenvalue weighted by atomic mass is 16.5. The zero-order chi connectivity index (χ0) is 14.2. The lowest BCUT2D eigenvalue weighted by molar-refractivity contribution is 0.220. The lowest BCUT2D eigenvalue weighted by Crippen LogP contribution is -2.01. The van der Waals surface area contributed by atoms with Gasteiger partial charge in [-0.1, -0.05) is 24.3 Å². The van der Waals surface area contributed by atoms with Crippen molar-refractivity contribution < 1.29 is 9.84 Å². The SMILES string of the molecule is OC(c1ccc2c(c1)CCO2)c1cnc2ccccc2c1. The third-order valence-corrected chi connectivity index (χ3v) is 3.96. The smallest absolute Gasteiger partial charge is 0.122 e. The van der Waals surface area contributed by atoms with Crippen LogP contribution in [0.2, 0.25) is 0 Å². The van der Waals surface area contributed by atoms with Crippen LogP contribution < -0.4 is 4.74 Å². The average Bonchev–Trinajstić information content (AvgIpc) is 3.01. The molecule has 0 spiro atoms. The molecule has 0 radical (unpaired) electrons. The molecule has 2 aromatic carbocycles. The molecule has 0 fully saturated rings. The van der Waals surface area contributed by atoms with Crippen LogP contribution in [-0.2, 0) is 6.42 Å². The number of para-hydroxylation sites is 1. The molecule has 2 heterocycles. The van der Waals surface area contributed by atoms with Crippen LogP contribution in [0.15, 0.2) is 54.7 Å². The quantitative estimate of drug-likeness (QED) is 0.782. The molecule has 104 valence electrons. The summed E-state index contributed by atoms with van der Waals surface area (Å²) in [4.78, 5) is 4.42. The van der Waals surface area contributed by atoms with Crippen LogP contribution in [0.4, 0.5) is 0 Å². The minimum Gasteiger partial charge on any atom is -0.493 e. The molecule has 1 aromatic heterocycles. The van der Waals surface area contributed by atoms with Crippen LogP contribution in [0.5, 0.6) is 5.75 Å². The highest BCUT2D eigenvalue weighted by molar-refractivity contribution is 5.78. The van der Waals surface area contributed by atoms with E-state index in [-0.39, 0.29) is 0 Å². The molecule has 1 unspecified atom stereocenters. The topological polar surface area (TPSA) is 42.4 Å². The number of hydrogen-bond donors (Lipinski definition) is 1. The molecule has 21 heavy (non-hydrogen) atoms. The zero-order valence-electron chi connectivity index (χ0n) is 11.5. The van der Waals surface area contributed by atoms with E-state index in [4.69, 9.17) is 4.74 Å². The van der Waals surface area contributed by atoms with Gasteiger partial charge >= 0.3 is 0 Å². The van der Waals surface area contributed by atoms with E-state index < -0.39 is 6.10 Å². The van der Waals surface area contributed by atoms with Gasteiger partial charge in [0.05, 0.1) is 12.1 Å². The summed E-state index contributed by atoms with van der Waals surface area (Å²) in [6.45, 7) is 0.729. The zero-order valence-corrected chi connectivity index (χ0v) is 11.5. The van der Waals surface area contributed by atoms with Crippen molar-refractivity contribution in [3.8, 4) is 5.75 Å². The van der Waals surface area contributed by atoms with Gasteiger partial charge in [0.2, 0.25) is 0 Å². The van der Waals surface area contributed by atoms with Gasteiger partial charge in [0.1, 0.15) is 11.9 Å². The summed E-state index contributed by atoms with van der Waals surface area (Å²) in [5.41, 5.74) is 3.81. The van der Waals surface area contributed by atoms with E-state index in [0.717, 1.165) is 40.8 Å². The Balaban J connectivity index is 1.73. The maximum Gasteiger partial charge on any atom is 0.122 e. The maximum atomic E-state index is 10.6. The molecule has 0 bridgehead atoms. The van der Waals surface area contributed by atoms with Crippen molar-refractivity contribution in [2.75, 3.05) is 6.61 Å². The van der Waals surface area contributed by atoms with Crippen molar-refractivity contribution >= 4 is 10.9 Å². The molecule has 0 aliphatic carbocycles. The fraction of sp³-hybridized carbons (Fsp3) is 0.167. The summed E-state index contributed by atoms with van der Waals surface area (Å²) in [5.74, 6) is 0.933. The van der Waals surface area contributed by atoms with Crippen molar-refractivity contribution in [2.24, 2.45) is 0 Å². The Morgan fingerprint density at radius 3 is 2.90 bits per heavy atom. The van der Waals surface area contributed by atoms with Crippen LogP contribution in [0, 0.1) is 0 Å². The summed E-state index contributed by atoms with van der Waals surface area (Å²) in [6.07, 6.45) is 2.00. The van der Waals surface area contributed by atoms with Crippen molar-refractivity contribution in [1.82, 2.24) is 4.98 Å². The second-order valence-electron chi connectivity index (χ2n) is 5.33. The molecule has 0 amide bonds. The summed E-state index contributed by atoms with van der Waals surface area (Å²) in [6, 6.07) is 15.8. The minimum atomic E-state index is -0.659. The fourth-order valence-corrected chi connectivity index (χ4v) is 2.81.